The summed E-state index contributed by atoms with van der Waals surface area (Å²) >= 11 is 0. The zero-order valence-corrected chi connectivity index (χ0v) is 16.0. The molecule has 0 heterocycles. The van der Waals surface area contributed by atoms with Crippen LogP contribution >= 0.6 is 0 Å². The fourth-order valence-electron chi connectivity index (χ4n) is 2.78. The van der Waals surface area contributed by atoms with E-state index >= 15 is 0 Å². The second kappa shape index (κ2) is 9.19. The highest BCUT2D eigenvalue weighted by Crippen LogP contribution is 2.32. The Balaban J connectivity index is 2.49. The first-order chi connectivity index (χ1) is 12.9. The number of hydrogen-bond donors (Lipinski definition) is 0. The van der Waals surface area contributed by atoms with E-state index in [1.165, 1.54) is 19.2 Å². The molecule has 0 fully saturated rings. The van der Waals surface area contributed by atoms with Crippen molar-refractivity contribution in [2.75, 3.05) is 13.7 Å². The predicted molar refractivity (Wildman–Crippen MR) is 100 cm³/mol. The predicted octanol–water partition coefficient (Wildman–Crippen LogP) is 3.10. The number of carbonyl (C=O) groups excluding carboxylic acids is 1. The SMILES string of the molecule is CCOC(=O)CC(c1ccc(OC)cc1)C(C#N)S(=O)(=O)c1ccccc1. The topological polar surface area (TPSA) is 93.5 Å². The Labute approximate surface area is 159 Å². The average Bonchev–Trinajstić information content (AvgIpc) is 2.68. The molecule has 2 unspecified atom stereocenters. The molecule has 2 aromatic carbocycles. The molecule has 6 nitrogen and oxygen atoms in total. The Kier molecular flexibility index (Phi) is 6.97. The van der Waals surface area contributed by atoms with Gasteiger partial charge < -0.3 is 9.47 Å². The molecule has 0 N–H and O–H groups in total. The maximum absolute atomic E-state index is 13.0. The molecular formula is C20H21NO5S. The highest BCUT2D eigenvalue weighted by molar-refractivity contribution is 7.92. The number of hydrogen-bond acceptors (Lipinski definition) is 6. The van der Waals surface area contributed by atoms with Crippen LogP contribution in [0, 0.1) is 11.3 Å². The highest BCUT2D eigenvalue weighted by Gasteiger charge is 2.37. The van der Waals surface area contributed by atoms with Gasteiger partial charge in [-0.3, -0.25) is 4.79 Å². The van der Waals surface area contributed by atoms with E-state index in [2.05, 4.69) is 0 Å². The fraction of sp³-hybridized carbons (Fsp3) is 0.300. The molecule has 0 spiro atoms. The highest BCUT2D eigenvalue weighted by atomic mass is 32.2. The van der Waals surface area contributed by atoms with Gasteiger partial charge in [0.1, 0.15) is 5.75 Å². The molecule has 142 valence electrons. The lowest BCUT2D eigenvalue weighted by Gasteiger charge is -2.22. The third-order valence-electron chi connectivity index (χ3n) is 4.13. The molecule has 2 aromatic rings. The molecule has 0 saturated heterocycles. The van der Waals surface area contributed by atoms with Crippen LogP contribution in [0.3, 0.4) is 0 Å². The van der Waals surface area contributed by atoms with E-state index in [0.29, 0.717) is 11.3 Å². The van der Waals surface area contributed by atoms with E-state index in [1.807, 2.05) is 6.07 Å². The molecule has 0 saturated carbocycles. The number of nitriles is 1. The van der Waals surface area contributed by atoms with Crippen LogP contribution in [0.15, 0.2) is 59.5 Å². The lowest BCUT2D eigenvalue weighted by molar-refractivity contribution is -0.143. The van der Waals surface area contributed by atoms with Crippen LogP contribution in [0.2, 0.25) is 0 Å². The number of sulfone groups is 1. The van der Waals surface area contributed by atoms with Crippen molar-refractivity contribution >= 4 is 15.8 Å². The molecule has 0 radical (unpaired) electrons. The second-order valence-corrected chi connectivity index (χ2v) is 7.87. The van der Waals surface area contributed by atoms with Gasteiger partial charge in [-0.1, -0.05) is 30.3 Å². The van der Waals surface area contributed by atoms with Gasteiger partial charge in [0.05, 0.1) is 31.1 Å². The molecule has 0 aliphatic rings. The van der Waals surface area contributed by atoms with E-state index in [4.69, 9.17) is 9.47 Å². The van der Waals surface area contributed by atoms with Crippen molar-refractivity contribution in [3.05, 3.63) is 60.2 Å². The summed E-state index contributed by atoms with van der Waals surface area (Å²) in [7, 11) is -2.46. The molecule has 7 heteroatoms. The molecular weight excluding hydrogens is 366 g/mol. The Morgan fingerprint density at radius 2 is 1.74 bits per heavy atom. The molecule has 27 heavy (non-hydrogen) atoms. The van der Waals surface area contributed by atoms with Gasteiger partial charge in [-0.05, 0) is 36.8 Å². The minimum atomic E-state index is -3.97. The van der Waals surface area contributed by atoms with Crippen LogP contribution < -0.4 is 4.74 Å². The summed E-state index contributed by atoms with van der Waals surface area (Å²) in [6, 6.07) is 16.3. The van der Waals surface area contributed by atoms with Crippen molar-refractivity contribution < 1.29 is 22.7 Å². The monoisotopic (exact) mass is 387 g/mol. The Hall–Kier alpha value is -2.85. The Bertz CT molecular complexity index is 902. The number of ether oxygens (including phenoxy) is 2. The van der Waals surface area contributed by atoms with Gasteiger partial charge in [-0.15, -0.1) is 0 Å². The van der Waals surface area contributed by atoms with E-state index < -0.39 is 27.0 Å². The molecule has 2 atom stereocenters. The lowest BCUT2D eigenvalue weighted by Crippen LogP contribution is -2.29. The quantitative estimate of drug-likeness (QED) is 0.646. The van der Waals surface area contributed by atoms with Gasteiger partial charge in [0.15, 0.2) is 15.1 Å². The zero-order chi connectivity index (χ0) is 19.9. The number of benzene rings is 2. The van der Waals surface area contributed by atoms with Crippen LogP contribution in [0.25, 0.3) is 0 Å². The molecule has 0 aliphatic heterocycles. The van der Waals surface area contributed by atoms with Crippen LogP contribution in [0.4, 0.5) is 0 Å². The zero-order valence-electron chi connectivity index (χ0n) is 15.2. The standard InChI is InChI=1S/C20H21NO5S/c1-3-26-20(22)13-18(15-9-11-16(25-2)12-10-15)19(14-21)27(23,24)17-7-5-4-6-8-17/h4-12,18-19H,3,13H2,1-2H3. The van der Waals surface area contributed by atoms with Crippen molar-refractivity contribution in [3.8, 4) is 11.8 Å². The summed E-state index contributed by atoms with van der Waals surface area (Å²) < 4.78 is 36.2. The van der Waals surface area contributed by atoms with Gasteiger partial charge in [0.25, 0.3) is 0 Å². The van der Waals surface area contributed by atoms with Crippen LogP contribution in [0.5, 0.6) is 5.75 Å². The Morgan fingerprint density at radius 3 is 2.26 bits per heavy atom. The fourth-order valence-corrected chi connectivity index (χ4v) is 4.44. The van der Waals surface area contributed by atoms with E-state index in [0.717, 1.165) is 0 Å². The summed E-state index contributed by atoms with van der Waals surface area (Å²) in [6.45, 7) is 1.85. The number of nitrogens with zero attached hydrogens (tertiary/aromatic N) is 1. The van der Waals surface area contributed by atoms with Crippen molar-refractivity contribution in [2.24, 2.45) is 0 Å². The summed E-state index contributed by atoms with van der Waals surface area (Å²) in [4.78, 5) is 12.1. The average molecular weight is 387 g/mol. The maximum Gasteiger partial charge on any atom is 0.306 e. The lowest BCUT2D eigenvalue weighted by atomic mass is 9.92. The first-order valence-electron chi connectivity index (χ1n) is 8.42. The third-order valence-corrected chi connectivity index (χ3v) is 6.17. The van der Waals surface area contributed by atoms with Crippen LogP contribution in [-0.2, 0) is 19.4 Å². The summed E-state index contributed by atoms with van der Waals surface area (Å²) in [5.41, 5.74) is 0.551. The molecule has 0 amide bonds. The number of carbonyl (C=O) groups is 1. The van der Waals surface area contributed by atoms with E-state index in [9.17, 15) is 18.5 Å². The third kappa shape index (κ3) is 4.86. The van der Waals surface area contributed by atoms with Crippen molar-refractivity contribution in [2.45, 2.75) is 29.4 Å². The number of esters is 1. The minimum absolute atomic E-state index is 0.0407. The summed E-state index contributed by atoms with van der Waals surface area (Å²) in [5, 5.41) is 8.26. The van der Waals surface area contributed by atoms with Gasteiger partial charge in [-0.2, -0.15) is 5.26 Å². The van der Waals surface area contributed by atoms with Crippen LogP contribution in [-0.4, -0.2) is 33.4 Å². The first kappa shape index (κ1) is 20.5. The number of methoxy groups -OCH3 is 1. The van der Waals surface area contributed by atoms with Gasteiger partial charge >= 0.3 is 5.97 Å². The smallest absolute Gasteiger partial charge is 0.306 e. The Morgan fingerprint density at radius 1 is 1.11 bits per heavy atom. The van der Waals surface area contributed by atoms with Crippen molar-refractivity contribution in [1.29, 1.82) is 5.26 Å². The first-order valence-corrected chi connectivity index (χ1v) is 9.96. The maximum atomic E-state index is 13.0. The van der Waals surface area contributed by atoms with Gasteiger partial charge in [0.2, 0.25) is 0 Å². The largest absolute Gasteiger partial charge is 0.497 e. The molecule has 0 aromatic heterocycles. The van der Waals surface area contributed by atoms with Crippen LogP contribution in [0.1, 0.15) is 24.8 Å². The summed E-state index contributed by atoms with van der Waals surface area (Å²) in [6.07, 6.45) is -0.218. The molecule has 0 aliphatic carbocycles. The molecule has 0 bridgehead atoms. The summed E-state index contributed by atoms with van der Waals surface area (Å²) in [5.74, 6) is -0.833. The van der Waals surface area contributed by atoms with Gasteiger partial charge in [-0.25, -0.2) is 8.42 Å². The van der Waals surface area contributed by atoms with E-state index in [-0.39, 0.29) is 17.9 Å². The second-order valence-electron chi connectivity index (χ2n) is 5.80. The minimum Gasteiger partial charge on any atom is -0.497 e. The normalized spacial score (nSPS) is 13.2. The van der Waals surface area contributed by atoms with Crippen molar-refractivity contribution in [1.82, 2.24) is 0 Å². The molecule has 2 rings (SSSR count). The van der Waals surface area contributed by atoms with Gasteiger partial charge in [0, 0.05) is 5.92 Å². The number of rotatable bonds is 8. The van der Waals surface area contributed by atoms with E-state index in [1.54, 1.807) is 49.4 Å². The van der Waals surface area contributed by atoms with Crippen molar-refractivity contribution in [3.63, 3.8) is 0 Å².